The fraction of sp³-hybridized carbons (Fsp3) is 0.533. The van der Waals surface area contributed by atoms with Crippen LogP contribution in [-0.2, 0) is 9.84 Å². The Morgan fingerprint density at radius 1 is 1.38 bits per heavy atom. The molecule has 21 heavy (non-hydrogen) atoms. The molecule has 0 aromatic heterocycles. The zero-order valence-corrected chi connectivity index (χ0v) is 14.3. The maximum atomic E-state index is 12.5. The number of nitrogens with zero attached hydrogens (tertiary/aromatic N) is 1. The molecule has 1 heterocycles. The lowest BCUT2D eigenvalue weighted by Crippen LogP contribution is -2.48. The number of hydrogen-bond acceptors (Lipinski definition) is 5. The van der Waals surface area contributed by atoms with E-state index < -0.39 is 15.2 Å². The first kappa shape index (κ1) is 16.5. The van der Waals surface area contributed by atoms with Gasteiger partial charge in [0.15, 0.2) is 15.6 Å². The Bertz CT molecular complexity index is 640. The molecule has 1 unspecified atom stereocenters. The van der Waals surface area contributed by atoms with E-state index in [-0.39, 0.29) is 12.3 Å². The van der Waals surface area contributed by atoms with Gasteiger partial charge >= 0.3 is 0 Å². The number of benzene rings is 1. The Kier molecular flexibility index (Phi) is 5.11. The quantitative estimate of drug-likeness (QED) is 0.791. The number of thioether (sulfide) groups is 1. The molecule has 1 aliphatic heterocycles. The lowest BCUT2D eigenvalue weighted by molar-refractivity contribution is 0.0928. The molecule has 1 aromatic carbocycles. The van der Waals surface area contributed by atoms with Crippen molar-refractivity contribution < 1.29 is 13.2 Å². The van der Waals surface area contributed by atoms with Crippen LogP contribution in [0.5, 0.6) is 0 Å². The largest absolute Gasteiger partial charge is 0.293 e. The topological polar surface area (TPSA) is 54.5 Å². The number of aryl methyl sites for hydroxylation is 2. The van der Waals surface area contributed by atoms with Crippen molar-refractivity contribution in [1.82, 2.24) is 4.90 Å². The highest BCUT2D eigenvalue weighted by molar-refractivity contribution is 8.00. The first-order valence-electron chi connectivity index (χ1n) is 6.90. The molecule has 2 rings (SSSR count). The molecule has 1 fully saturated rings. The lowest BCUT2D eigenvalue weighted by Gasteiger charge is -2.33. The smallest absolute Gasteiger partial charge is 0.177 e. The van der Waals surface area contributed by atoms with Gasteiger partial charge in [-0.25, -0.2) is 8.42 Å². The van der Waals surface area contributed by atoms with Gasteiger partial charge in [-0.15, -0.1) is 0 Å². The van der Waals surface area contributed by atoms with Crippen LogP contribution in [0.25, 0.3) is 0 Å². The third-order valence-corrected chi connectivity index (χ3v) is 6.40. The first-order valence-corrected chi connectivity index (χ1v) is 10.0. The SMILES string of the molecule is Cc1ccc(C(=O)CN2CCSCC2S(C)(=O)=O)c(C)c1. The molecule has 4 nitrogen and oxygen atoms in total. The van der Waals surface area contributed by atoms with Crippen LogP contribution in [0, 0.1) is 13.8 Å². The third kappa shape index (κ3) is 4.08. The summed E-state index contributed by atoms with van der Waals surface area (Å²) in [6, 6.07) is 5.73. The first-order chi connectivity index (χ1) is 9.79. The molecule has 0 radical (unpaired) electrons. The van der Waals surface area contributed by atoms with Gasteiger partial charge in [0.1, 0.15) is 5.37 Å². The van der Waals surface area contributed by atoms with Crippen molar-refractivity contribution in [2.24, 2.45) is 0 Å². The summed E-state index contributed by atoms with van der Waals surface area (Å²) in [5.74, 6) is 1.40. The van der Waals surface area contributed by atoms with E-state index in [1.807, 2.05) is 32.0 Å². The van der Waals surface area contributed by atoms with E-state index in [1.54, 1.807) is 16.7 Å². The fourth-order valence-corrected chi connectivity index (χ4v) is 5.53. The van der Waals surface area contributed by atoms with Crippen molar-refractivity contribution in [2.45, 2.75) is 19.2 Å². The predicted octanol–water partition coefficient (Wildman–Crippen LogP) is 1.91. The molecule has 1 aromatic rings. The highest BCUT2D eigenvalue weighted by Crippen LogP contribution is 2.21. The zero-order chi connectivity index (χ0) is 15.6. The zero-order valence-electron chi connectivity index (χ0n) is 12.6. The molecule has 0 N–H and O–H groups in total. The van der Waals surface area contributed by atoms with Crippen LogP contribution in [0.3, 0.4) is 0 Å². The molecule has 0 aliphatic carbocycles. The summed E-state index contributed by atoms with van der Waals surface area (Å²) >= 11 is 1.63. The molecule has 0 bridgehead atoms. The van der Waals surface area contributed by atoms with Gasteiger partial charge in [-0.1, -0.05) is 23.8 Å². The van der Waals surface area contributed by atoms with Gasteiger partial charge in [0.05, 0.1) is 6.54 Å². The van der Waals surface area contributed by atoms with Crippen molar-refractivity contribution in [2.75, 3.05) is 30.9 Å². The number of carbonyl (C=O) groups excluding carboxylic acids is 1. The number of rotatable bonds is 4. The molecule has 116 valence electrons. The second kappa shape index (κ2) is 6.50. The van der Waals surface area contributed by atoms with Crippen molar-refractivity contribution in [3.05, 3.63) is 34.9 Å². The average molecular weight is 327 g/mol. The Hall–Kier alpha value is -0.850. The molecule has 1 saturated heterocycles. The summed E-state index contributed by atoms with van der Waals surface area (Å²) in [6.45, 7) is 4.71. The third-order valence-electron chi connectivity index (χ3n) is 3.71. The summed E-state index contributed by atoms with van der Waals surface area (Å²) in [6.07, 6.45) is 1.25. The summed E-state index contributed by atoms with van der Waals surface area (Å²) in [5.41, 5.74) is 2.75. The van der Waals surface area contributed by atoms with E-state index in [4.69, 9.17) is 0 Å². The Morgan fingerprint density at radius 3 is 2.71 bits per heavy atom. The van der Waals surface area contributed by atoms with Gasteiger partial charge in [-0.2, -0.15) is 11.8 Å². The minimum absolute atomic E-state index is 0.00644. The van der Waals surface area contributed by atoms with E-state index in [9.17, 15) is 13.2 Å². The van der Waals surface area contributed by atoms with Crippen LogP contribution in [0.4, 0.5) is 0 Å². The fourth-order valence-electron chi connectivity index (χ4n) is 2.59. The summed E-state index contributed by atoms with van der Waals surface area (Å²) in [5, 5.41) is -0.550. The minimum atomic E-state index is -3.17. The monoisotopic (exact) mass is 327 g/mol. The van der Waals surface area contributed by atoms with E-state index in [0.717, 1.165) is 16.9 Å². The van der Waals surface area contributed by atoms with Crippen LogP contribution in [0.15, 0.2) is 18.2 Å². The minimum Gasteiger partial charge on any atom is -0.293 e. The van der Waals surface area contributed by atoms with E-state index in [1.165, 1.54) is 6.26 Å². The molecular formula is C15H21NO3S2. The van der Waals surface area contributed by atoms with Crippen molar-refractivity contribution in [3.8, 4) is 0 Å². The van der Waals surface area contributed by atoms with Gasteiger partial charge in [-0.3, -0.25) is 9.69 Å². The van der Waals surface area contributed by atoms with Crippen molar-refractivity contribution in [3.63, 3.8) is 0 Å². The predicted molar refractivity (Wildman–Crippen MR) is 87.8 cm³/mol. The number of sulfone groups is 1. The summed E-state index contributed by atoms with van der Waals surface area (Å²) in [7, 11) is -3.17. The number of carbonyl (C=O) groups is 1. The van der Waals surface area contributed by atoms with E-state index in [2.05, 4.69) is 0 Å². The van der Waals surface area contributed by atoms with Crippen molar-refractivity contribution in [1.29, 1.82) is 0 Å². The molecule has 0 spiro atoms. The van der Waals surface area contributed by atoms with Crippen LogP contribution in [-0.4, -0.2) is 55.3 Å². The Morgan fingerprint density at radius 2 is 2.10 bits per heavy atom. The highest BCUT2D eigenvalue weighted by atomic mass is 32.2. The number of ketones is 1. The average Bonchev–Trinajstić information content (AvgIpc) is 2.37. The molecule has 0 saturated carbocycles. The molecule has 1 atom stereocenters. The molecule has 1 aliphatic rings. The van der Waals surface area contributed by atoms with Gasteiger partial charge < -0.3 is 0 Å². The van der Waals surface area contributed by atoms with Gasteiger partial charge in [0.2, 0.25) is 0 Å². The van der Waals surface area contributed by atoms with Crippen LogP contribution >= 0.6 is 11.8 Å². The highest BCUT2D eigenvalue weighted by Gasteiger charge is 2.32. The molecule has 6 heteroatoms. The summed E-state index contributed by atoms with van der Waals surface area (Å²) in [4.78, 5) is 14.3. The lowest BCUT2D eigenvalue weighted by atomic mass is 10.0. The standard InChI is InChI=1S/C15H21NO3S2/c1-11-4-5-13(12(2)8-11)14(17)9-16-6-7-20-10-15(16)21(3,18)19/h4-5,8,15H,6-7,9-10H2,1-3H3. The van der Waals surface area contributed by atoms with Crippen molar-refractivity contribution >= 4 is 27.4 Å². The van der Waals surface area contributed by atoms with Gasteiger partial charge in [0, 0.05) is 29.9 Å². The van der Waals surface area contributed by atoms with Gasteiger partial charge in [-0.05, 0) is 19.4 Å². The second-order valence-corrected chi connectivity index (χ2v) is 8.92. The number of Topliss-reactive ketones (excluding diaryl/α,β-unsaturated/α-hetero) is 1. The van der Waals surface area contributed by atoms with Crippen LogP contribution in [0.2, 0.25) is 0 Å². The molecular weight excluding hydrogens is 306 g/mol. The van der Waals surface area contributed by atoms with E-state index in [0.29, 0.717) is 17.9 Å². The van der Waals surface area contributed by atoms with Crippen LogP contribution < -0.4 is 0 Å². The Balaban J connectivity index is 2.17. The van der Waals surface area contributed by atoms with E-state index >= 15 is 0 Å². The number of hydrogen-bond donors (Lipinski definition) is 0. The Labute approximate surface area is 130 Å². The van der Waals surface area contributed by atoms with Gasteiger partial charge in [0.25, 0.3) is 0 Å². The molecule has 0 amide bonds. The second-order valence-electron chi connectivity index (χ2n) is 5.57. The van der Waals surface area contributed by atoms with Crippen LogP contribution in [0.1, 0.15) is 21.5 Å². The summed E-state index contributed by atoms with van der Waals surface area (Å²) < 4.78 is 23.7. The maximum Gasteiger partial charge on any atom is 0.177 e. The normalized spacial score (nSPS) is 20.4. The maximum absolute atomic E-state index is 12.5.